The minimum absolute atomic E-state index is 0.695. The monoisotopic (exact) mass is 264 g/mol. The van der Waals surface area contributed by atoms with E-state index in [4.69, 9.17) is 10.7 Å². The average Bonchev–Trinajstić information content (AvgIpc) is 2.46. The highest BCUT2D eigenvalue weighted by molar-refractivity contribution is 5.41. The maximum atomic E-state index is 5.80. The van der Waals surface area contributed by atoms with E-state index < -0.39 is 0 Å². The van der Waals surface area contributed by atoms with Crippen LogP contribution in [0, 0.1) is 0 Å². The molecule has 0 unspecified atom stereocenters. The normalized spacial score (nSPS) is 10.6. The van der Waals surface area contributed by atoms with Crippen LogP contribution in [0.25, 0.3) is 0 Å². The standard InChI is InChI=1S/C16H28N2O/c1-2-3-4-5-6-7-8-12-15-19-18(17)16-13-10-9-11-14-16/h9-11,13-14H,2-8,12,15,17H2,1H3. The lowest BCUT2D eigenvalue weighted by molar-refractivity contribution is 0.104. The van der Waals surface area contributed by atoms with Gasteiger partial charge in [-0.1, -0.05) is 70.1 Å². The molecule has 3 heteroatoms. The van der Waals surface area contributed by atoms with Crippen LogP contribution in [0.3, 0.4) is 0 Å². The molecule has 1 aromatic carbocycles. The molecule has 0 aliphatic carbocycles. The predicted octanol–water partition coefficient (Wildman–Crippen LogP) is 4.44. The van der Waals surface area contributed by atoms with Crippen LogP contribution in [0.4, 0.5) is 5.69 Å². The van der Waals surface area contributed by atoms with E-state index in [0.29, 0.717) is 6.61 Å². The number of benzene rings is 1. The van der Waals surface area contributed by atoms with Crippen molar-refractivity contribution in [1.29, 1.82) is 0 Å². The van der Waals surface area contributed by atoms with Crippen molar-refractivity contribution in [2.45, 2.75) is 58.3 Å². The Hall–Kier alpha value is -1.06. The fraction of sp³-hybridized carbons (Fsp3) is 0.625. The lowest BCUT2D eigenvalue weighted by atomic mass is 10.1. The summed E-state index contributed by atoms with van der Waals surface area (Å²) >= 11 is 0. The van der Waals surface area contributed by atoms with Crippen molar-refractivity contribution >= 4 is 5.69 Å². The van der Waals surface area contributed by atoms with Gasteiger partial charge in [0.15, 0.2) is 0 Å². The first kappa shape index (κ1) is 16.0. The van der Waals surface area contributed by atoms with Gasteiger partial charge in [-0.05, 0) is 18.6 Å². The highest BCUT2D eigenvalue weighted by Gasteiger charge is 2.00. The van der Waals surface area contributed by atoms with Crippen LogP contribution in [0.15, 0.2) is 30.3 Å². The molecule has 19 heavy (non-hydrogen) atoms. The van der Waals surface area contributed by atoms with Crippen molar-refractivity contribution in [3.05, 3.63) is 30.3 Å². The van der Waals surface area contributed by atoms with Crippen molar-refractivity contribution in [3.8, 4) is 0 Å². The molecule has 0 radical (unpaired) electrons. The maximum absolute atomic E-state index is 5.80. The van der Waals surface area contributed by atoms with Gasteiger partial charge in [-0.15, -0.1) is 0 Å². The summed E-state index contributed by atoms with van der Waals surface area (Å²) in [5.74, 6) is 5.80. The number of para-hydroxylation sites is 1. The second-order valence-electron chi connectivity index (χ2n) is 4.97. The zero-order valence-corrected chi connectivity index (χ0v) is 12.2. The summed E-state index contributed by atoms with van der Waals surface area (Å²) in [4.78, 5) is 5.48. The zero-order chi connectivity index (χ0) is 13.8. The minimum Gasteiger partial charge on any atom is -0.258 e. The Morgan fingerprint density at radius 3 is 2.11 bits per heavy atom. The van der Waals surface area contributed by atoms with Crippen LogP contribution < -0.4 is 11.0 Å². The number of hydrazine groups is 1. The topological polar surface area (TPSA) is 38.5 Å². The van der Waals surface area contributed by atoms with E-state index in [0.717, 1.165) is 12.1 Å². The molecule has 1 aromatic rings. The van der Waals surface area contributed by atoms with E-state index in [1.54, 1.807) is 0 Å². The molecule has 0 heterocycles. The SMILES string of the molecule is CCCCCCCCCCON(N)c1ccccc1. The zero-order valence-electron chi connectivity index (χ0n) is 12.2. The van der Waals surface area contributed by atoms with Gasteiger partial charge < -0.3 is 0 Å². The van der Waals surface area contributed by atoms with Crippen LogP contribution in [0.5, 0.6) is 0 Å². The van der Waals surface area contributed by atoms with Crippen LogP contribution in [0.1, 0.15) is 58.3 Å². The molecule has 0 aromatic heterocycles. The number of nitrogens with zero attached hydrogens (tertiary/aromatic N) is 1. The van der Waals surface area contributed by atoms with Crippen molar-refractivity contribution in [2.75, 3.05) is 11.8 Å². The Labute approximate surface area is 117 Å². The molecule has 108 valence electrons. The van der Waals surface area contributed by atoms with Gasteiger partial charge in [0.25, 0.3) is 0 Å². The molecule has 0 atom stereocenters. The Morgan fingerprint density at radius 1 is 0.895 bits per heavy atom. The molecule has 0 amide bonds. The van der Waals surface area contributed by atoms with E-state index in [1.165, 1.54) is 50.1 Å². The van der Waals surface area contributed by atoms with Gasteiger partial charge >= 0.3 is 0 Å². The average molecular weight is 264 g/mol. The maximum Gasteiger partial charge on any atom is 0.0820 e. The van der Waals surface area contributed by atoms with Crippen molar-refractivity contribution in [3.63, 3.8) is 0 Å². The van der Waals surface area contributed by atoms with Crippen LogP contribution in [-0.2, 0) is 4.84 Å². The van der Waals surface area contributed by atoms with Gasteiger partial charge in [-0.3, -0.25) is 4.84 Å². The Morgan fingerprint density at radius 2 is 1.47 bits per heavy atom. The van der Waals surface area contributed by atoms with E-state index >= 15 is 0 Å². The van der Waals surface area contributed by atoms with E-state index in [-0.39, 0.29) is 0 Å². The summed E-state index contributed by atoms with van der Waals surface area (Å²) < 4.78 is 0. The fourth-order valence-electron chi connectivity index (χ4n) is 2.05. The van der Waals surface area contributed by atoms with Gasteiger partial charge in [0.1, 0.15) is 0 Å². The van der Waals surface area contributed by atoms with Crippen LogP contribution in [0.2, 0.25) is 0 Å². The largest absolute Gasteiger partial charge is 0.258 e. The van der Waals surface area contributed by atoms with Crippen molar-refractivity contribution in [2.24, 2.45) is 5.84 Å². The van der Waals surface area contributed by atoms with E-state index in [9.17, 15) is 0 Å². The van der Waals surface area contributed by atoms with Crippen LogP contribution >= 0.6 is 0 Å². The van der Waals surface area contributed by atoms with Crippen molar-refractivity contribution < 1.29 is 4.84 Å². The molecular weight excluding hydrogens is 236 g/mol. The van der Waals surface area contributed by atoms with Crippen molar-refractivity contribution in [1.82, 2.24) is 0 Å². The number of rotatable bonds is 11. The summed E-state index contributed by atoms with van der Waals surface area (Å²) in [6.07, 6.45) is 10.4. The summed E-state index contributed by atoms with van der Waals surface area (Å²) in [5.41, 5.74) is 0.891. The number of hydrogen-bond acceptors (Lipinski definition) is 3. The third kappa shape index (κ3) is 7.85. The Balaban J connectivity index is 1.93. The van der Waals surface area contributed by atoms with E-state index in [1.807, 2.05) is 30.3 Å². The number of anilines is 1. The van der Waals surface area contributed by atoms with Gasteiger partial charge in [0.2, 0.25) is 0 Å². The smallest absolute Gasteiger partial charge is 0.0820 e. The summed E-state index contributed by atoms with van der Waals surface area (Å²) in [7, 11) is 0. The lowest BCUT2D eigenvalue weighted by Gasteiger charge is -2.17. The Bertz CT molecular complexity index is 303. The second-order valence-corrected chi connectivity index (χ2v) is 4.97. The number of hydrogen-bond donors (Lipinski definition) is 1. The van der Waals surface area contributed by atoms with E-state index in [2.05, 4.69) is 6.92 Å². The molecule has 2 N–H and O–H groups in total. The van der Waals surface area contributed by atoms with Crippen LogP contribution in [-0.4, -0.2) is 6.61 Å². The number of nitrogens with two attached hydrogens (primary N) is 1. The first-order chi connectivity index (χ1) is 9.34. The molecule has 1 rings (SSSR count). The highest BCUT2D eigenvalue weighted by Crippen LogP contribution is 2.11. The molecule has 0 saturated carbocycles. The Kier molecular flexibility index (Phi) is 9.11. The molecular formula is C16H28N2O. The lowest BCUT2D eigenvalue weighted by Crippen LogP contribution is -2.31. The first-order valence-electron chi connectivity index (χ1n) is 7.57. The quantitative estimate of drug-likeness (QED) is 0.365. The van der Waals surface area contributed by atoms with Gasteiger partial charge in [-0.2, -0.15) is 5.17 Å². The second kappa shape index (κ2) is 10.8. The first-order valence-corrected chi connectivity index (χ1v) is 7.57. The predicted molar refractivity (Wildman–Crippen MR) is 81.7 cm³/mol. The molecule has 3 nitrogen and oxygen atoms in total. The molecule has 0 aliphatic rings. The fourth-order valence-corrected chi connectivity index (χ4v) is 2.05. The summed E-state index contributed by atoms with van der Waals surface area (Å²) in [6, 6.07) is 9.75. The number of unbranched alkanes of at least 4 members (excludes halogenated alkanes) is 7. The third-order valence-corrected chi connectivity index (χ3v) is 3.24. The highest BCUT2D eigenvalue weighted by atomic mass is 16.7. The summed E-state index contributed by atoms with van der Waals surface area (Å²) in [5, 5.41) is 1.36. The molecule has 0 fully saturated rings. The minimum atomic E-state index is 0.695. The van der Waals surface area contributed by atoms with Gasteiger partial charge in [0.05, 0.1) is 12.3 Å². The molecule has 0 aliphatic heterocycles. The molecule has 0 spiro atoms. The molecule has 0 bridgehead atoms. The molecule has 0 saturated heterocycles. The van der Waals surface area contributed by atoms with Gasteiger partial charge in [0, 0.05) is 0 Å². The summed E-state index contributed by atoms with van der Waals surface area (Å²) in [6.45, 7) is 2.95. The van der Waals surface area contributed by atoms with Gasteiger partial charge in [-0.25, -0.2) is 5.84 Å². The third-order valence-electron chi connectivity index (χ3n) is 3.24.